The van der Waals surface area contributed by atoms with Gasteiger partial charge in [-0.15, -0.1) is 0 Å². The van der Waals surface area contributed by atoms with Crippen LogP contribution in [-0.4, -0.2) is 53.4 Å². The van der Waals surface area contributed by atoms with Crippen LogP contribution in [0.5, 0.6) is 0 Å². The van der Waals surface area contributed by atoms with Gasteiger partial charge in [-0.2, -0.15) is 13.2 Å². The van der Waals surface area contributed by atoms with E-state index in [1.165, 1.54) is 0 Å². The van der Waals surface area contributed by atoms with Crippen LogP contribution in [-0.2, 0) is 11.2 Å². The molecule has 2 aliphatic rings. The molecule has 162 valence electrons. The lowest BCUT2D eigenvalue weighted by atomic mass is 9.73. The van der Waals surface area contributed by atoms with Gasteiger partial charge in [0.1, 0.15) is 0 Å². The third kappa shape index (κ3) is 3.41. The number of carbonyl (C=O) groups is 2. The molecule has 4 rings (SSSR count). The molecule has 1 aliphatic carbocycles. The zero-order valence-electron chi connectivity index (χ0n) is 17.5. The fourth-order valence-electron chi connectivity index (χ4n) is 4.87. The molecule has 1 fully saturated rings. The maximum atomic E-state index is 13.2. The molecule has 2 heterocycles. The van der Waals surface area contributed by atoms with Gasteiger partial charge in [-0.05, 0) is 37.1 Å². The summed E-state index contributed by atoms with van der Waals surface area (Å²) in [4.78, 5) is 29.4. The molecule has 0 unspecified atom stereocenters. The number of fused-ring (bicyclic) bond motifs is 2. The number of alkyl halides is 3. The summed E-state index contributed by atoms with van der Waals surface area (Å²) in [5, 5.41) is 3.85. The largest absolute Gasteiger partial charge is 0.456 e. The van der Waals surface area contributed by atoms with Gasteiger partial charge in [-0.1, -0.05) is 32.9 Å². The minimum atomic E-state index is -4.92. The number of ketones is 1. The van der Waals surface area contributed by atoms with Crippen LogP contribution < -0.4 is 5.32 Å². The van der Waals surface area contributed by atoms with Gasteiger partial charge in [0, 0.05) is 40.9 Å². The summed E-state index contributed by atoms with van der Waals surface area (Å²) >= 11 is 0. The van der Waals surface area contributed by atoms with Crippen molar-refractivity contribution in [2.75, 3.05) is 13.6 Å². The summed E-state index contributed by atoms with van der Waals surface area (Å²) in [6.45, 7) is 6.21. The number of rotatable bonds is 2. The predicted octanol–water partition coefficient (Wildman–Crippen LogP) is 3.79. The van der Waals surface area contributed by atoms with Gasteiger partial charge in [-0.25, -0.2) is 0 Å². The molecule has 2 aromatic rings. The highest BCUT2D eigenvalue weighted by molar-refractivity contribution is 6.06. The normalized spacial score (nSPS) is 24.6. The Balaban J connectivity index is 1.73. The van der Waals surface area contributed by atoms with Crippen LogP contribution in [0.25, 0.3) is 10.9 Å². The molecule has 30 heavy (non-hydrogen) atoms. The van der Waals surface area contributed by atoms with E-state index in [0.29, 0.717) is 30.5 Å². The van der Waals surface area contributed by atoms with Crippen molar-refractivity contribution in [3.8, 4) is 0 Å². The third-order valence-corrected chi connectivity index (χ3v) is 6.35. The first kappa shape index (κ1) is 20.9. The van der Waals surface area contributed by atoms with Crippen molar-refractivity contribution in [3.05, 3.63) is 35.0 Å². The van der Waals surface area contributed by atoms with Crippen molar-refractivity contribution in [1.82, 2.24) is 15.2 Å². The molecule has 1 aliphatic heterocycles. The monoisotopic (exact) mass is 421 g/mol. The molecule has 0 bridgehead atoms. The van der Waals surface area contributed by atoms with Crippen LogP contribution in [0.1, 0.15) is 54.7 Å². The minimum absolute atomic E-state index is 0.0197. The molecule has 5 nitrogen and oxygen atoms in total. The van der Waals surface area contributed by atoms with Crippen LogP contribution in [0.15, 0.2) is 18.2 Å². The first-order chi connectivity index (χ1) is 13.9. The second kappa shape index (κ2) is 6.83. The first-order valence-electron chi connectivity index (χ1n) is 10.1. The molecule has 0 radical (unpaired) electrons. The number of nitrogens with zero attached hydrogens (tertiary/aromatic N) is 1. The Morgan fingerprint density at radius 3 is 2.53 bits per heavy atom. The standard InChI is InChI=1S/C22H26F3N3O2/c1-21(2,3)20(30)26-11-8-13-12-6-5-7-15-17(12)14(9-16(13)28(4)10-11)18(27-15)19(29)22(23,24)25/h5-7,11,13,16,27H,8-10H2,1-4H3,(H,26,30)/t11-,13+,16+/m0/s1. The van der Waals surface area contributed by atoms with Crippen LogP contribution in [0.2, 0.25) is 0 Å². The van der Waals surface area contributed by atoms with Crippen molar-refractivity contribution < 1.29 is 22.8 Å². The second-order valence-electron chi connectivity index (χ2n) is 9.55. The van der Waals surface area contributed by atoms with Gasteiger partial charge in [0.2, 0.25) is 5.91 Å². The number of hydrogen-bond acceptors (Lipinski definition) is 3. The van der Waals surface area contributed by atoms with Crippen molar-refractivity contribution >= 4 is 22.6 Å². The molecule has 0 saturated carbocycles. The Morgan fingerprint density at radius 1 is 1.20 bits per heavy atom. The van der Waals surface area contributed by atoms with Gasteiger partial charge >= 0.3 is 6.18 Å². The van der Waals surface area contributed by atoms with Gasteiger partial charge in [0.25, 0.3) is 5.78 Å². The fourth-order valence-corrected chi connectivity index (χ4v) is 4.87. The second-order valence-corrected chi connectivity index (χ2v) is 9.55. The Labute approximate surface area is 173 Å². The van der Waals surface area contributed by atoms with E-state index in [1.807, 2.05) is 33.9 Å². The summed E-state index contributed by atoms with van der Waals surface area (Å²) < 4.78 is 39.5. The number of likely N-dealkylation sites (tertiary alicyclic amines) is 1. The highest BCUT2D eigenvalue weighted by atomic mass is 19.4. The number of Topliss-reactive ketones (excluding diaryl/α,β-unsaturated/α-hetero) is 1. The number of amides is 1. The van der Waals surface area contributed by atoms with E-state index in [4.69, 9.17) is 0 Å². The SMILES string of the molecule is CN1C[C@@H](NC(=O)C(C)(C)C)C[C@@H]2c3cccc4[nH]c(C(=O)C(F)(F)F)c(c34)C[C@H]21. The van der Waals surface area contributed by atoms with Crippen LogP contribution in [0.3, 0.4) is 0 Å². The molecule has 1 aromatic heterocycles. The Morgan fingerprint density at radius 2 is 1.90 bits per heavy atom. The first-order valence-corrected chi connectivity index (χ1v) is 10.1. The third-order valence-electron chi connectivity index (χ3n) is 6.35. The predicted molar refractivity (Wildman–Crippen MR) is 108 cm³/mol. The Kier molecular flexibility index (Phi) is 4.76. The van der Waals surface area contributed by atoms with E-state index < -0.39 is 17.4 Å². The van der Waals surface area contributed by atoms with E-state index in [2.05, 4.69) is 15.2 Å². The molecule has 1 amide bonds. The summed E-state index contributed by atoms with van der Waals surface area (Å²) in [6.07, 6.45) is -3.84. The Hall–Kier alpha value is -2.35. The molecule has 8 heteroatoms. The van der Waals surface area contributed by atoms with E-state index in [1.54, 1.807) is 12.1 Å². The fraction of sp³-hybridized carbons (Fsp3) is 0.545. The van der Waals surface area contributed by atoms with Crippen molar-refractivity contribution in [3.63, 3.8) is 0 Å². The molecular weight excluding hydrogens is 395 g/mol. The number of halogens is 3. The van der Waals surface area contributed by atoms with E-state index >= 15 is 0 Å². The smallest absolute Gasteiger partial charge is 0.352 e. The summed E-state index contributed by atoms with van der Waals surface area (Å²) in [5.41, 5.74) is 1.10. The van der Waals surface area contributed by atoms with Crippen molar-refractivity contribution in [2.24, 2.45) is 5.41 Å². The highest BCUT2D eigenvalue weighted by Gasteiger charge is 2.46. The van der Waals surface area contributed by atoms with E-state index in [-0.39, 0.29) is 29.6 Å². The number of hydrogen-bond donors (Lipinski definition) is 2. The van der Waals surface area contributed by atoms with Gasteiger partial charge in [0.05, 0.1) is 5.69 Å². The van der Waals surface area contributed by atoms with E-state index in [9.17, 15) is 22.8 Å². The number of likely N-dealkylation sites (N-methyl/N-ethyl adjacent to an activating group) is 1. The van der Waals surface area contributed by atoms with Crippen LogP contribution in [0.4, 0.5) is 13.2 Å². The maximum absolute atomic E-state index is 13.2. The topological polar surface area (TPSA) is 65.2 Å². The zero-order valence-corrected chi connectivity index (χ0v) is 17.5. The highest BCUT2D eigenvalue weighted by Crippen LogP contribution is 2.45. The lowest BCUT2D eigenvalue weighted by molar-refractivity contribution is -0.129. The summed E-state index contributed by atoms with van der Waals surface area (Å²) in [5.74, 6) is -1.78. The number of piperidine rings is 1. The lowest BCUT2D eigenvalue weighted by Crippen LogP contribution is -2.56. The van der Waals surface area contributed by atoms with Gasteiger partial charge < -0.3 is 15.2 Å². The molecule has 1 aromatic carbocycles. The summed E-state index contributed by atoms with van der Waals surface area (Å²) in [7, 11) is 1.93. The van der Waals surface area contributed by atoms with Gasteiger partial charge in [-0.3, -0.25) is 9.59 Å². The summed E-state index contributed by atoms with van der Waals surface area (Å²) in [6, 6.07) is 5.37. The molecule has 2 N–H and O–H groups in total. The molecule has 0 spiro atoms. The number of aromatic nitrogens is 1. The average molecular weight is 421 g/mol. The zero-order chi connectivity index (χ0) is 22.0. The number of carbonyl (C=O) groups excluding carboxylic acids is 2. The van der Waals surface area contributed by atoms with Crippen molar-refractivity contribution in [2.45, 2.75) is 57.8 Å². The number of nitrogens with one attached hydrogen (secondary N) is 2. The number of H-pyrrole nitrogens is 1. The van der Waals surface area contributed by atoms with E-state index in [0.717, 1.165) is 10.9 Å². The average Bonchev–Trinajstić information content (AvgIpc) is 3.00. The molecular formula is C22H26F3N3O2. The lowest BCUT2D eigenvalue weighted by Gasteiger charge is -2.46. The van der Waals surface area contributed by atoms with Gasteiger partial charge in [0.15, 0.2) is 0 Å². The quantitative estimate of drug-likeness (QED) is 0.726. The van der Waals surface area contributed by atoms with Crippen LogP contribution >= 0.6 is 0 Å². The molecule has 3 atom stereocenters. The molecule has 1 saturated heterocycles. The van der Waals surface area contributed by atoms with Crippen molar-refractivity contribution in [1.29, 1.82) is 0 Å². The number of aromatic amines is 1. The minimum Gasteiger partial charge on any atom is -0.352 e. The van der Waals surface area contributed by atoms with Crippen LogP contribution in [0, 0.1) is 5.41 Å². The number of benzene rings is 1. The Bertz CT molecular complexity index is 1020. The maximum Gasteiger partial charge on any atom is 0.456 e.